The van der Waals surface area contributed by atoms with Crippen LogP contribution in [0.2, 0.25) is 0 Å². The van der Waals surface area contributed by atoms with Crippen LogP contribution in [0.4, 0.5) is 12.9 Å². The van der Waals surface area contributed by atoms with Crippen LogP contribution < -0.4 is 56.8 Å². The third-order valence-electron chi connectivity index (χ3n) is 1.32. The van der Waals surface area contributed by atoms with Crippen molar-refractivity contribution in [2.75, 3.05) is 0 Å². The summed E-state index contributed by atoms with van der Waals surface area (Å²) in [5.41, 5.74) is -1.31. The van der Waals surface area contributed by atoms with Gasteiger partial charge < -0.3 is 12.9 Å². The molecule has 1 aromatic heterocycles. The van der Waals surface area contributed by atoms with Crippen LogP contribution in [0.5, 0.6) is 0 Å². The number of rotatable bonds is 1. The molecule has 1 aromatic rings. The molecule has 0 bridgehead atoms. The van der Waals surface area contributed by atoms with Gasteiger partial charge in [-0.05, 0) is 6.07 Å². The van der Waals surface area contributed by atoms with E-state index < -0.39 is 12.4 Å². The van der Waals surface area contributed by atoms with Crippen molar-refractivity contribution in [3.8, 4) is 6.07 Å². The second-order valence-corrected chi connectivity index (χ2v) is 2.15. The molecule has 0 atom stereocenters. The molecule has 62 valence electrons. The van der Waals surface area contributed by atoms with Crippen LogP contribution in [-0.4, -0.2) is 12.0 Å². The molecule has 0 saturated heterocycles. The summed E-state index contributed by atoms with van der Waals surface area (Å²) in [7, 11) is 0. The Morgan fingerprint density at radius 1 is 1.38 bits per heavy atom. The Kier molecular flexibility index (Phi) is 5.17. The molecule has 0 N–H and O–H groups in total. The van der Waals surface area contributed by atoms with Crippen molar-refractivity contribution in [3.05, 3.63) is 24.0 Å². The van der Waals surface area contributed by atoms with Crippen molar-refractivity contribution in [1.29, 1.82) is 5.26 Å². The predicted octanol–water partition coefficient (Wildman–Crippen LogP) is -1.99. The standard InChI is InChI=1S/C6H3BF3N2.K/c8-7(9,10)6-4-12-2-1-5(6)3-11;/h1-2,4H;/q-1;+1. The van der Waals surface area contributed by atoms with Gasteiger partial charge in [0.1, 0.15) is 0 Å². The van der Waals surface area contributed by atoms with E-state index in [0.717, 1.165) is 12.3 Å². The first-order chi connectivity index (χ1) is 5.55. The maximum atomic E-state index is 12.1. The van der Waals surface area contributed by atoms with Gasteiger partial charge in [0.2, 0.25) is 0 Å². The number of halogens is 3. The number of pyridine rings is 1. The van der Waals surface area contributed by atoms with Crippen molar-refractivity contribution in [2.24, 2.45) is 0 Å². The van der Waals surface area contributed by atoms with E-state index in [9.17, 15) is 12.9 Å². The van der Waals surface area contributed by atoms with Crippen molar-refractivity contribution in [1.82, 2.24) is 4.98 Å². The van der Waals surface area contributed by atoms with Crippen LogP contribution in [0.1, 0.15) is 5.56 Å². The predicted molar refractivity (Wildman–Crippen MR) is 37.7 cm³/mol. The van der Waals surface area contributed by atoms with Gasteiger partial charge in [0.15, 0.2) is 0 Å². The fraction of sp³-hybridized carbons (Fsp3) is 0. The Morgan fingerprint density at radius 3 is 2.38 bits per heavy atom. The molecule has 13 heavy (non-hydrogen) atoms. The zero-order valence-corrected chi connectivity index (χ0v) is 9.96. The molecule has 0 spiro atoms. The molecular weight excluding hydrogens is 207 g/mol. The van der Waals surface area contributed by atoms with Crippen molar-refractivity contribution < 1.29 is 64.3 Å². The molecule has 1 rings (SSSR count). The minimum atomic E-state index is -5.12. The van der Waals surface area contributed by atoms with Crippen LogP contribution >= 0.6 is 0 Å². The summed E-state index contributed by atoms with van der Waals surface area (Å²) in [6.07, 6.45) is 1.82. The number of hydrogen-bond acceptors (Lipinski definition) is 2. The van der Waals surface area contributed by atoms with E-state index in [0.29, 0.717) is 6.20 Å². The van der Waals surface area contributed by atoms with Crippen LogP contribution in [-0.2, 0) is 0 Å². The molecule has 0 fully saturated rings. The Morgan fingerprint density at radius 2 is 2.00 bits per heavy atom. The van der Waals surface area contributed by atoms with E-state index in [1.807, 2.05) is 0 Å². The van der Waals surface area contributed by atoms with E-state index in [4.69, 9.17) is 5.26 Å². The largest absolute Gasteiger partial charge is 1.00 e. The van der Waals surface area contributed by atoms with Gasteiger partial charge in [-0.15, -0.1) is 0 Å². The van der Waals surface area contributed by atoms with Gasteiger partial charge in [-0.1, -0.05) is 5.46 Å². The first-order valence-corrected chi connectivity index (χ1v) is 3.09. The molecule has 0 radical (unpaired) electrons. The normalized spacial score (nSPS) is 10.0. The van der Waals surface area contributed by atoms with Crippen LogP contribution in [0.3, 0.4) is 0 Å². The van der Waals surface area contributed by atoms with Crippen molar-refractivity contribution in [2.45, 2.75) is 0 Å². The summed E-state index contributed by atoms with van der Waals surface area (Å²) in [4.78, 5) is 3.30. The molecule has 0 aliphatic carbocycles. The third kappa shape index (κ3) is 3.40. The minimum Gasteiger partial charge on any atom is -0.445 e. The van der Waals surface area contributed by atoms with Crippen molar-refractivity contribution >= 4 is 12.4 Å². The van der Waals surface area contributed by atoms with Gasteiger partial charge in [-0.25, -0.2) is 0 Å². The second-order valence-electron chi connectivity index (χ2n) is 2.15. The molecule has 0 saturated carbocycles. The molecule has 2 nitrogen and oxygen atoms in total. The van der Waals surface area contributed by atoms with E-state index in [2.05, 4.69) is 4.98 Å². The maximum Gasteiger partial charge on any atom is 1.00 e. The van der Waals surface area contributed by atoms with Gasteiger partial charge in [0, 0.05) is 18.0 Å². The maximum absolute atomic E-state index is 12.1. The molecule has 0 aromatic carbocycles. The topological polar surface area (TPSA) is 36.7 Å². The number of aromatic nitrogens is 1. The SMILES string of the molecule is N#Cc1ccncc1[B-](F)(F)F.[K+]. The van der Waals surface area contributed by atoms with Gasteiger partial charge in [-0.2, -0.15) is 5.26 Å². The Labute approximate surface area is 116 Å². The van der Waals surface area contributed by atoms with Gasteiger partial charge in [0.25, 0.3) is 0 Å². The fourth-order valence-electron chi connectivity index (χ4n) is 0.769. The monoisotopic (exact) mass is 210 g/mol. The summed E-state index contributed by atoms with van der Waals surface area (Å²) >= 11 is 0. The van der Waals surface area contributed by atoms with Crippen LogP contribution in [0, 0.1) is 11.3 Å². The summed E-state index contributed by atoms with van der Waals surface area (Å²) in [6.45, 7) is -5.12. The second kappa shape index (κ2) is 5.12. The number of hydrogen-bond donors (Lipinski definition) is 0. The smallest absolute Gasteiger partial charge is 0.445 e. The molecule has 0 aliphatic rings. The summed E-state index contributed by atoms with van der Waals surface area (Å²) in [5, 5.41) is 8.31. The van der Waals surface area contributed by atoms with E-state index >= 15 is 0 Å². The molecule has 0 amide bonds. The van der Waals surface area contributed by atoms with E-state index in [1.165, 1.54) is 6.07 Å². The van der Waals surface area contributed by atoms with E-state index in [-0.39, 0.29) is 56.9 Å². The summed E-state index contributed by atoms with van der Waals surface area (Å²) in [6, 6.07) is 2.50. The third-order valence-corrected chi connectivity index (χ3v) is 1.32. The molecule has 1 heterocycles. The Bertz CT molecular complexity index is 333. The molecule has 0 unspecified atom stereocenters. The Balaban J connectivity index is 0.00000144. The number of nitrogens with zero attached hydrogens (tertiary/aromatic N) is 2. The van der Waals surface area contributed by atoms with Crippen LogP contribution in [0.15, 0.2) is 18.5 Å². The Hall–Kier alpha value is 0.131. The molecular formula is C6H3BF3KN2. The molecule has 7 heteroatoms. The zero-order chi connectivity index (χ0) is 9.19. The number of nitriles is 1. The van der Waals surface area contributed by atoms with Gasteiger partial charge in [-0.3, -0.25) is 4.98 Å². The quantitative estimate of drug-likeness (QED) is 0.503. The average molecular weight is 210 g/mol. The van der Waals surface area contributed by atoms with Gasteiger partial charge in [0.05, 0.1) is 6.07 Å². The zero-order valence-electron chi connectivity index (χ0n) is 6.84. The first kappa shape index (κ1) is 13.1. The van der Waals surface area contributed by atoms with E-state index in [1.54, 1.807) is 0 Å². The summed E-state index contributed by atoms with van der Waals surface area (Å²) < 4.78 is 36.3. The molecule has 0 aliphatic heterocycles. The summed E-state index contributed by atoms with van der Waals surface area (Å²) in [5.74, 6) is 0. The first-order valence-electron chi connectivity index (χ1n) is 3.09. The fourth-order valence-corrected chi connectivity index (χ4v) is 0.769. The van der Waals surface area contributed by atoms with Crippen LogP contribution in [0.25, 0.3) is 0 Å². The average Bonchev–Trinajstić information content (AvgIpc) is 2.03. The van der Waals surface area contributed by atoms with Crippen molar-refractivity contribution in [3.63, 3.8) is 0 Å². The minimum absolute atomic E-state index is 0. The van der Waals surface area contributed by atoms with Gasteiger partial charge >= 0.3 is 58.4 Å².